The van der Waals surface area contributed by atoms with Crippen molar-refractivity contribution in [3.8, 4) is 11.1 Å². The summed E-state index contributed by atoms with van der Waals surface area (Å²) in [7, 11) is 0. The third-order valence-electron chi connectivity index (χ3n) is 2.94. The zero-order chi connectivity index (χ0) is 12.5. The molecule has 2 aromatic rings. The molecule has 88 valence electrons. The van der Waals surface area contributed by atoms with E-state index in [2.05, 4.69) is 51.1 Å². The van der Waals surface area contributed by atoms with Gasteiger partial charge in [-0.15, -0.1) is 0 Å². The Kier molecular flexibility index (Phi) is 3.26. The molecule has 0 radical (unpaired) electrons. The lowest BCUT2D eigenvalue weighted by Gasteiger charge is -2.19. The van der Waals surface area contributed by atoms with Crippen LogP contribution < -0.4 is 0 Å². The Bertz CT molecular complexity index is 504. The molecule has 0 amide bonds. The Morgan fingerprint density at radius 2 is 1.41 bits per heavy atom. The third-order valence-corrected chi connectivity index (χ3v) is 3.27. The van der Waals surface area contributed by atoms with Gasteiger partial charge in [-0.25, -0.2) is 0 Å². The SMILES string of the molecule is CC(C)(C)c1ccc(-c2ccccc2Cl)cc1. The normalized spacial score (nSPS) is 11.5. The molecule has 0 bridgehead atoms. The molecule has 0 spiro atoms. The summed E-state index contributed by atoms with van der Waals surface area (Å²) in [6.07, 6.45) is 0. The highest BCUT2D eigenvalue weighted by molar-refractivity contribution is 6.33. The smallest absolute Gasteiger partial charge is 0.0484 e. The van der Waals surface area contributed by atoms with Crippen molar-refractivity contribution in [2.24, 2.45) is 0 Å². The van der Waals surface area contributed by atoms with Gasteiger partial charge in [0.1, 0.15) is 0 Å². The maximum atomic E-state index is 6.19. The Morgan fingerprint density at radius 1 is 0.824 bits per heavy atom. The van der Waals surface area contributed by atoms with Crippen LogP contribution >= 0.6 is 11.6 Å². The van der Waals surface area contributed by atoms with Crippen LogP contribution in [0.3, 0.4) is 0 Å². The summed E-state index contributed by atoms with van der Waals surface area (Å²) in [4.78, 5) is 0. The predicted octanol–water partition coefficient (Wildman–Crippen LogP) is 5.30. The van der Waals surface area contributed by atoms with Gasteiger partial charge in [0.2, 0.25) is 0 Å². The molecule has 0 atom stereocenters. The molecule has 0 fully saturated rings. The zero-order valence-electron chi connectivity index (χ0n) is 10.5. The summed E-state index contributed by atoms with van der Waals surface area (Å²) < 4.78 is 0. The first-order chi connectivity index (χ1) is 7.98. The molecule has 2 rings (SSSR count). The van der Waals surface area contributed by atoms with Crippen LogP contribution in [0, 0.1) is 0 Å². The van der Waals surface area contributed by atoms with Crippen LogP contribution in [-0.2, 0) is 5.41 Å². The summed E-state index contributed by atoms with van der Waals surface area (Å²) >= 11 is 6.19. The van der Waals surface area contributed by atoms with Crippen LogP contribution in [0.15, 0.2) is 48.5 Å². The van der Waals surface area contributed by atoms with Crippen molar-refractivity contribution in [3.05, 3.63) is 59.1 Å². The molecule has 0 aliphatic carbocycles. The second-order valence-corrected chi connectivity index (χ2v) is 5.71. The van der Waals surface area contributed by atoms with Crippen molar-refractivity contribution < 1.29 is 0 Å². The van der Waals surface area contributed by atoms with Gasteiger partial charge in [-0.2, -0.15) is 0 Å². The van der Waals surface area contributed by atoms with Gasteiger partial charge in [-0.3, -0.25) is 0 Å². The van der Waals surface area contributed by atoms with Crippen LogP contribution in [-0.4, -0.2) is 0 Å². The molecule has 0 saturated heterocycles. The van der Waals surface area contributed by atoms with E-state index in [9.17, 15) is 0 Å². The summed E-state index contributed by atoms with van der Waals surface area (Å²) in [5.41, 5.74) is 3.80. The highest BCUT2D eigenvalue weighted by Gasteiger charge is 2.13. The summed E-state index contributed by atoms with van der Waals surface area (Å²) in [5, 5.41) is 0.802. The van der Waals surface area contributed by atoms with E-state index in [1.165, 1.54) is 11.1 Å². The topological polar surface area (TPSA) is 0 Å². The first kappa shape index (κ1) is 12.2. The molecular formula is C16H17Cl. The molecule has 0 N–H and O–H groups in total. The molecule has 0 heterocycles. The largest absolute Gasteiger partial charge is 0.0837 e. The highest BCUT2D eigenvalue weighted by Crippen LogP contribution is 2.29. The monoisotopic (exact) mass is 244 g/mol. The molecular weight excluding hydrogens is 228 g/mol. The average Bonchev–Trinajstić information content (AvgIpc) is 2.29. The van der Waals surface area contributed by atoms with Crippen molar-refractivity contribution >= 4 is 11.6 Å². The van der Waals surface area contributed by atoms with Gasteiger partial charge < -0.3 is 0 Å². The van der Waals surface area contributed by atoms with Gasteiger partial charge in [0.05, 0.1) is 0 Å². The Labute approximate surface area is 108 Å². The minimum absolute atomic E-state index is 0.193. The van der Waals surface area contributed by atoms with E-state index in [1.807, 2.05) is 18.2 Å². The van der Waals surface area contributed by atoms with E-state index >= 15 is 0 Å². The van der Waals surface area contributed by atoms with E-state index in [1.54, 1.807) is 0 Å². The van der Waals surface area contributed by atoms with Gasteiger partial charge in [0.25, 0.3) is 0 Å². The van der Waals surface area contributed by atoms with E-state index in [-0.39, 0.29) is 5.41 Å². The molecule has 0 saturated carbocycles. The molecule has 1 heteroatoms. The van der Waals surface area contributed by atoms with Crippen molar-refractivity contribution in [2.45, 2.75) is 26.2 Å². The predicted molar refractivity (Wildman–Crippen MR) is 75.6 cm³/mol. The van der Waals surface area contributed by atoms with Gasteiger partial charge >= 0.3 is 0 Å². The summed E-state index contributed by atoms with van der Waals surface area (Å²) in [5.74, 6) is 0. The number of halogens is 1. The molecule has 0 unspecified atom stereocenters. The number of hydrogen-bond donors (Lipinski definition) is 0. The van der Waals surface area contributed by atoms with Gasteiger partial charge in [0, 0.05) is 10.6 Å². The quantitative estimate of drug-likeness (QED) is 0.638. The average molecular weight is 245 g/mol. The fourth-order valence-electron chi connectivity index (χ4n) is 1.85. The van der Waals surface area contributed by atoms with Gasteiger partial charge in [-0.05, 0) is 22.6 Å². The van der Waals surface area contributed by atoms with E-state index < -0.39 is 0 Å². The first-order valence-corrected chi connectivity index (χ1v) is 6.22. The van der Waals surface area contributed by atoms with E-state index in [0.717, 1.165) is 10.6 Å². The number of benzene rings is 2. The van der Waals surface area contributed by atoms with Crippen LogP contribution in [0.4, 0.5) is 0 Å². The maximum Gasteiger partial charge on any atom is 0.0484 e. The van der Waals surface area contributed by atoms with E-state index in [4.69, 9.17) is 11.6 Å². The summed E-state index contributed by atoms with van der Waals surface area (Å²) in [6, 6.07) is 16.6. The maximum absolute atomic E-state index is 6.19. The highest BCUT2D eigenvalue weighted by atomic mass is 35.5. The van der Waals surface area contributed by atoms with Crippen molar-refractivity contribution in [1.82, 2.24) is 0 Å². The fourth-order valence-corrected chi connectivity index (χ4v) is 2.09. The van der Waals surface area contributed by atoms with Crippen molar-refractivity contribution in [1.29, 1.82) is 0 Å². The summed E-state index contributed by atoms with van der Waals surface area (Å²) in [6.45, 7) is 6.66. The third kappa shape index (κ3) is 2.70. The molecule has 17 heavy (non-hydrogen) atoms. The lowest BCUT2D eigenvalue weighted by Crippen LogP contribution is -2.10. The Balaban J connectivity index is 2.40. The molecule has 0 aliphatic heterocycles. The lowest BCUT2D eigenvalue weighted by molar-refractivity contribution is 0.590. The Hall–Kier alpha value is -1.27. The van der Waals surface area contributed by atoms with Gasteiger partial charge in [-0.1, -0.05) is 74.8 Å². The second kappa shape index (κ2) is 4.54. The van der Waals surface area contributed by atoms with Crippen LogP contribution in [0.5, 0.6) is 0 Å². The standard InChI is InChI=1S/C16H17Cl/c1-16(2,3)13-10-8-12(9-11-13)14-6-4-5-7-15(14)17/h4-11H,1-3H3. The Morgan fingerprint density at radius 3 is 1.94 bits per heavy atom. The molecule has 0 aliphatic rings. The van der Waals surface area contributed by atoms with Crippen LogP contribution in [0.2, 0.25) is 5.02 Å². The molecule has 0 nitrogen and oxygen atoms in total. The zero-order valence-corrected chi connectivity index (χ0v) is 11.3. The number of rotatable bonds is 1. The van der Waals surface area contributed by atoms with Crippen molar-refractivity contribution in [3.63, 3.8) is 0 Å². The minimum atomic E-state index is 0.193. The second-order valence-electron chi connectivity index (χ2n) is 5.31. The minimum Gasteiger partial charge on any atom is -0.0837 e. The first-order valence-electron chi connectivity index (χ1n) is 5.84. The fraction of sp³-hybridized carbons (Fsp3) is 0.250. The number of hydrogen-bond acceptors (Lipinski definition) is 0. The van der Waals surface area contributed by atoms with Crippen LogP contribution in [0.1, 0.15) is 26.3 Å². The van der Waals surface area contributed by atoms with Gasteiger partial charge in [0.15, 0.2) is 0 Å². The molecule has 0 aromatic heterocycles. The van der Waals surface area contributed by atoms with Crippen molar-refractivity contribution in [2.75, 3.05) is 0 Å². The van der Waals surface area contributed by atoms with E-state index in [0.29, 0.717) is 0 Å². The molecule has 2 aromatic carbocycles. The van der Waals surface area contributed by atoms with Crippen LogP contribution in [0.25, 0.3) is 11.1 Å². The lowest BCUT2D eigenvalue weighted by atomic mass is 9.86.